The van der Waals surface area contributed by atoms with E-state index in [2.05, 4.69) is 6.42 Å². The van der Waals surface area contributed by atoms with Crippen LogP contribution in [-0.4, -0.2) is 25.9 Å². The molecule has 0 atom stereocenters. The van der Waals surface area contributed by atoms with Crippen molar-refractivity contribution in [2.75, 3.05) is 19.8 Å². The van der Waals surface area contributed by atoms with Gasteiger partial charge in [0.2, 0.25) is 0 Å². The van der Waals surface area contributed by atoms with Crippen LogP contribution in [0.2, 0.25) is 0 Å². The summed E-state index contributed by atoms with van der Waals surface area (Å²) >= 11 is 0. The molecule has 0 aromatic heterocycles. The second-order valence-corrected chi connectivity index (χ2v) is 3.13. The largest absolute Gasteiger partial charge is 0.379 e. The van der Waals surface area contributed by atoms with Gasteiger partial charge in [-0.1, -0.05) is 0 Å². The zero-order chi connectivity index (χ0) is 8.65. The first-order valence-corrected chi connectivity index (χ1v) is 4.94. The van der Waals surface area contributed by atoms with E-state index >= 15 is 0 Å². The molecule has 0 aromatic carbocycles. The molecule has 2 heteroatoms. The highest BCUT2D eigenvalue weighted by Gasteiger charge is 2.12. The van der Waals surface area contributed by atoms with Crippen LogP contribution in [0.5, 0.6) is 0 Å². The minimum atomic E-state index is 0.496. The number of hydrogen-bond acceptors (Lipinski definition) is 2. The molecule has 1 aliphatic carbocycles. The van der Waals surface area contributed by atoms with Crippen LogP contribution in [0.15, 0.2) is 0 Å². The van der Waals surface area contributed by atoms with Crippen molar-refractivity contribution < 1.29 is 9.47 Å². The minimum absolute atomic E-state index is 0.496. The standard InChI is InChI=1S/C10H19O2/c1-2-11-8-9-12-10-6-4-3-5-7-10/h3,10H,2,4-9H2,1H3. The van der Waals surface area contributed by atoms with E-state index in [1.54, 1.807) is 0 Å². The first kappa shape index (κ1) is 10.0. The fraction of sp³-hybridized carbons (Fsp3) is 0.900. The van der Waals surface area contributed by atoms with Crippen molar-refractivity contribution >= 4 is 0 Å². The second-order valence-electron chi connectivity index (χ2n) is 3.13. The summed E-state index contributed by atoms with van der Waals surface area (Å²) in [6, 6.07) is 0. The van der Waals surface area contributed by atoms with Gasteiger partial charge in [0.05, 0.1) is 19.3 Å². The third kappa shape index (κ3) is 4.07. The molecule has 12 heavy (non-hydrogen) atoms. The first-order valence-electron chi connectivity index (χ1n) is 4.94. The Hall–Kier alpha value is -0.0800. The Morgan fingerprint density at radius 1 is 1.25 bits per heavy atom. The Bertz CT molecular complexity index is 98.0. The third-order valence-corrected chi connectivity index (χ3v) is 2.17. The van der Waals surface area contributed by atoms with E-state index in [4.69, 9.17) is 9.47 Å². The molecule has 0 aliphatic heterocycles. The first-order chi connectivity index (χ1) is 5.93. The lowest BCUT2D eigenvalue weighted by Crippen LogP contribution is -2.19. The Morgan fingerprint density at radius 3 is 2.67 bits per heavy atom. The van der Waals surface area contributed by atoms with Crippen LogP contribution in [-0.2, 0) is 9.47 Å². The molecule has 1 rings (SSSR count). The molecule has 0 N–H and O–H groups in total. The molecule has 2 nitrogen and oxygen atoms in total. The molecule has 0 saturated heterocycles. The summed E-state index contributed by atoms with van der Waals surface area (Å²) in [6.45, 7) is 4.31. The molecule has 0 aromatic rings. The van der Waals surface area contributed by atoms with E-state index < -0.39 is 0 Å². The smallest absolute Gasteiger partial charge is 0.0704 e. The van der Waals surface area contributed by atoms with Crippen molar-refractivity contribution in [3.63, 3.8) is 0 Å². The minimum Gasteiger partial charge on any atom is -0.379 e. The van der Waals surface area contributed by atoms with E-state index in [0.717, 1.165) is 19.8 Å². The maximum atomic E-state index is 5.64. The monoisotopic (exact) mass is 171 g/mol. The summed E-state index contributed by atoms with van der Waals surface area (Å²) in [4.78, 5) is 0. The molecule has 1 fully saturated rings. The van der Waals surface area contributed by atoms with Crippen LogP contribution in [0.1, 0.15) is 32.6 Å². The zero-order valence-electron chi connectivity index (χ0n) is 7.92. The molecular weight excluding hydrogens is 152 g/mol. The van der Waals surface area contributed by atoms with Gasteiger partial charge in [-0.05, 0) is 39.0 Å². The van der Waals surface area contributed by atoms with Gasteiger partial charge in [0.1, 0.15) is 0 Å². The van der Waals surface area contributed by atoms with Crippen molar-refractivity contribution in [2.45, 2.75) is 38.7 Å². The number of rotatable bonds is 5. The molecule has 0 spiro atoms. The molecule has 1 aliphatic rings. The zero-order valence-corrected chi connectivity index (χ0v) is 7.92. The Labute approximate surface area is 75.2 Å². The fourth-order valence-electron chi connectivity index (χ4n) is 1.48. The Kier molecular flexibility index (Phi) is 5.37. The van der Waals surface area contributed by atoms with Gasteiger partial charge in [0.25, 0.3) is 0 Å². The van der Waals surface area contributed by atoms with Crippen LogP contribution in [0.4, 0.5) is 0 Å². The van der Waals surface area contributed by atoms with Gasteiger partial charge in [-0.3, -0.25) is 0 Å². The summed E-state index contributed by atoms with van der Waals surface area (Å²) in [5.41, 5.74) is 0. The summed E-state index contributed by atoms with van der Waals surface area (Å²) in [7, 11) is 0. The van der Waals surface area contributed by atoms with Crippen molar-refractivity contribution in [1.82, 2.24) is 0 Å². The predicted octanol–water partition coefficient (Wildman–Crippen LogP) is 2.19. The SMILES string of the molecule is CCOCCOC1CC[CH]CC1. The van der Waals surface area contributed by atoms with Gasteiger partial charge in [-0.2, -0.15) is 0 Å². The highest BCUT2D eigenvalue weighted by Crippen LogP contribution is 2.19. The van der Waals surface area contributed by atoms with Gasteiger partial charge >= 0.3 is 0 Å². The van der Waals surface area contributed by atoms with E-state index in [0.29, 0.717) is 6.10 Å². The van der Waals surface area contributed by atoms with Crippen LogP contribution >= 0.6 is 0 Å². The normalized spacial score (nSPS) is 19.8. The van der Waals surface area contributed by atoms with Gasteiger partial charge in [0, 0.05) is 6.61 Å². The summed E-state index contributed by atoms with van der Waals surface area (Å²) < 4.78 is 10.8. The van der Waals surface area contributed by atoms with E-state index in [9.17, 15) is 0 Å². The van der Waals surface area contributed by atoms with Crippen LogP contribution in [0, 0.1) is 6.42 Å². The lowest BCUT2D eigenvalue weighted by Gasteiger charge is -2.21. The maximum absolute atomic E-state index is 5.64. The predicted molar refractivity (Wildman–Crippen MR) is 49.0 cm³/mol. The average molecular weight is 171 g/mol. The maximum Gasteiger partial charge on any atom is 0.0704 e. The van der Waals surface area contributed by atoms with E-state index in [-0.39, 0.29) is 0 Å². The highest BCUT2D eigenvalue weighted by molar-refractivity contribution is 4.76. The molecule has 0 amide bonds. The van der Waals surface area contributed by atoms with Gasteiger partial charge in [0.15, 0.2) is 0 Å². The Balaban J connectivity index is 1.91. The fourth-order valence-corrected chi connectivity index (χ4v) is 1.48. The van der Waals surface area contributed by atoms with Gasteiger partial charge in [-0.15, -0.1) is 0 Å². The second kappa shape index (κ2) is 6.44. The lowest BCUT2D eigenvalue weighted by atomic mass is 9.98. The van der Waals surface area contributed by atoms with Crippen LogP contribution in [0.25, 0.3) is 0 Å². The van der Waals surface area contributed by atoms with Crippen LogP contribution < -0.4 is 0 Å². The van der Waals surface area contributed by atoms with E-state index in [1.165, 1.54) is 25.7 Å². The van der Waals surface area contributed by atoms with Gasteiger partial charge < -0.3 is 9.47 Å². The third-order valence-electron chi connectivity index (χ3n) is 2.17. The molecule has 1 radical (unpaired) electrons. The van der Waals surface area contributed by atoms with E-state index in [1.807, 2.05) is 6.92 Å². The summed E-state index contributed by atoms with van der Waals surface area (Å²) in [5, 5.41) is 0. The highest BCUT2D eigenvalue weighted by atomic mass is 16.5. The van der Waals surface area contributed by atoms with Gasteiger partial charge in [-0.25, -0.2) is 0 Å². The Morgan fingerprint density at radius 2 is 2.00 bits per heavy atom. The molecule has 0 unspecified atom stereocenters. The average Bonchev–Trinajstić information content (AvgIpc) is 2.14. The van der Waals surface area contributed by atoms with Crippen molar-refractivity contribution in [1.29, 1.82) is 0 Å². The number of ether oxygens (including phenoxy) is 2. The summed E-state index contributed by atoms with van der Waals surface area (Å²) in [5.74, 6) is 0. The summed E-state index contributed by atoms with van der Waals surface area (Å²) in [6.07, 6.45) is 7.69. The lowest BCUT2D eigenvalue weighted by molar-refractivity contribution is -0.00381. The molecule has 1 saturated carbocycles. The topological polar surface area (TPSA) is 18.5 Å². The molecular formula is C10H19O2. The molecule has 0 heterocycles. The molecule has 0 bridgehead atoms. The van der Waals surface area contributed by atoms with Crippen molar-refractivity contribution in [3.8, 4) is 0 Å². The molecule has 71 valence electrons. The quantitative estimate of drug-likeness (QED) is 0.590. The van der Waals surface area contributed by atoms with Crippen LogP contribution in [0.3, 0.4) is 0 Å². The van der Waals surface area contributed by atoms with Crippen molar-refractivity contribution in [2.24, 2.45) is 0 Å². The number of hydrogen-bond donors (Lipinski definition) is 0. The van der Waals surface area contributed by atoms with Crippen molar-refractivity contribution in [3.05, 3.63) is 6.42 Å².